The van der Waals surface area contributed by atoms with Crippen molar-refractivity contribution in [3.05, 3.63) is 47.0 Å². The summed E-state index contributed by atoms with van der Waals surface area (Å²) in [6.07, 6.45) is 4.24. The monoisotopic (exact) mass is 303 g/mol. The second-order valence-corrected chi connectivity index (χ2v) is 5.42. The first-order chi connectivity index (χ1) is 10.5. The van der Waals surface area contributed by atoms with Crippen LogP contribution in [0.25, 0.3) is 12.2 Å². The number of nitrogens with zero attached hydrogens (tertiary/aromatic N) is 3. The predicted molar refractivity (Wildman–Crippen MR) is 81.8 cm³/mol. The van der Waals surface area contributed by atoms with Crippen molar-refractivity contribution in [2.75, 3.05) is 0 Å². The van der Waals surface area contributed by atoms with Gasteiger partial charge in [0.05, 0.1) is 5.69 Å². The molecule has 0 fully saturated rings. The molecule has 1 heterocycles. The first-order valence-corrected chi connectivity index (χ1v) is 7.08. The smallest absolute Gasteiger partial charge is 0.358 e. The van der Waals surface area contributed by atoms with E-state index in [9.17, 15) is 14.3 Å². The lowest BCUT2D eigenvalue weighted by Gasteiger charge is -2.06. The molecule has 0 unspecified atom stereocenters. The third-order valence-electron chi connectivity index (χ3n) is 3.20. The van der Waals surface area contributed by atoms with Crippen molar-refractivity contribution < 1.29 is 14.3 Å². The Morgan fingerprint density at radius 3 is 2.59 bits per heavy atom. The van der Waals surface area contributed by atoms with Gasteiger partial charge in [0, 0.05) is 6.54 Å². The van der Waals surface area contributed by atoms with Crippen molar-refractivity contribution >= 4 is 18.1 Å². The average molecular weight is 303 g/mol. The summed E-state index contributed by atoms with van der Waals surface area (Å²) >= 11 is 0. The zero-order valence-corrected chi connectivity index (χ0v) is 12.5. The lowest BCUT2D eigenvalue weighted by Crippen LogP contribution is -2.07. The van der Waals surface area contributed by atoms with Gasteiger partial charge in [0.2, 0.25) is 0 Å². The highest BCUT2D eigenvalue weighted by Gasteiger charge is 2.16. The summed E-state index contributed by atoms with van der Waals surface area (Å²) in [6, 6.07) is 5.95. The Hall–Kier alpha value is -2.50. The van der Waals surface area contributed by atoms with E-state index in [2.05, 4.69) is 24.2 Å². The molecule has 1 aromatic carbocycles. The number of hydrogen-bond donors (Lipinski definition) is 1. The number of hydrogen-bond acceptors (Lipinski definition) is 3. The molecule has 0 aliphatic heterocycles. The molecule has 1 N–H and O–H groups in total. The molecule has 0 aliphatic carbocycles. The molecule has 0 aliphatic rings. The molecule has 2 rings (SSSR count). The number of carboxylic acid groups (broad SMARTS) is 1. The predicted octanol–water partition coefficient (Wildman–Crippen LogP) is 3.33. The third-order valence-corrected chi connectivity index (χ3v) is 3.20. The van der Waals surface area contributed by atoms with E-state index in [4.69, 9.17) is 0 Å². The normalized spacial score (nSPS) is 11.5. The summed E-state index contributed by atoms with van der Waals surface area (Å²) in [7, 11) is 0. The SMILES string of the molecule is CC(C)CCn1nnc(C(=O)O)c1/C=C/c1ccc(F)cc1. The van der Waals surface area contributed by atoms with E-state index in [0.717, 1.165) is 12.0 Å². The standard InChI is InChI=1S/C16H18FN3O2/c1-11(2)9-10-20-14(15(16(21)22)18-19-20)8-5-12-3-6-13(17)7-4-12/h3-8,11H,9-10H2,1-2H3,(H,21,22)/b8-5+. The minimum atomic E-state index is -1.12. The van der Waals surface area contributed by atoms with Gasteiger partial charge in [-0.2, -0.15) is 0 Å². The molecule has 0 radical (unpaired) electrons. The number of aromatic carboxylic acids is 1. The number of carboxylic acids is 1. The van der Waals surface area contributed by atoms with Crippen LogP contribution in [0.1, 0.15) is 42.0 Å². The zero-order valence-electron chi connectivity index (χ0n) is 12.5. The molecule has 1 aromatic heterocycles. The first-order valence-electron chi connectivity index (χ1n) is 7.08. The van der Waals surface area contributed by atoms with E-state index in [1.807, 2.05) is 0 Å². The molecule has 0 amide bonds. The summed E-state index contributed by atoms with van der Waals surface area (Å²) in [6.45, 7) is 4.77. The van der Waals surface area contributed by atoms with Crippen molar-refractivity contribution in [2.24, 2.45) is 5.92 Å². The van der Waals surface area contributed by atoms with Crippen LogP contribution in [-0.2, 0) is 6.54 Å². The maximum absolute atomic E-state index is 12.9. The van der Waals surface area contributed by atoms with Gasteiger partial charge < -0.3 is 5.11 Å². The Labute approximate surface area is 128 Å². The minimum absolute atomic E-state index is 0.0814. The number of rotatable bonds is 6. The molecule has 116 valence electrons. The fourth-order valence-electron chi connectivity index (χ4n) is 1.93. The zero-order chi connectivity index (χ0) is 16.1. The molecule has 0 saturated heterocycles. The van der Waals surface area contributed by atoms with Gasteiger partial charge in [-0.15, -0.1) is 5.10 Å². The highest BCUT2D eigenvalue weighted by atomic mass is 19.1. The fourth-order valence-corrected chi connectivity index (χ4v) is 1.93. The molecular weight excluding hydrogens is 285 g/mol. The van der Waals surface area contributed by atoms with Gasteiger partial charge in [0.1, 0.15) is 5.82 Å². The van der Waals surface area contributed by atoms with Crippen LogP contribution in [0.2, 0.25) is 0 Å². The maximum Gasteiger partial charge on any atom is 0.358 e. The Morgan fingerprint density at radius 2 is 2.00 bits per heavy atom. The molecular formula is C16H18FN3O2. The number of halogens is 1. The lowest BCUT2D eigenvalue weighted by molar-refractivity contribution is 0.0690. The summed E-state index contributed by atoms with van der Waals surface area (Å²) in [4.78, 5) is 11.2. The Balaban J connectivity index is 2.28. The van der Waals surface area contributed by atoms with E-state index < -0.39 is 5.97 Å². The van der Waals surface area contributed by atoms with E-state index in [1.54, 1.807) is 29.0 Å². The van der Waals surface area contributed by atoms with Crippen LogP contribution in [0, 0.1) is 11.7 Å². The van der Waals surface area contributed by atoms with Crippen LogP contribution >= 0.6 is 0 Å². The van der Waals surface area contributed by atoms with Gasteiger partial charge in [-0.25, -0.2) is 13.9 Å². The number of carbonyl (C=O) groups is 1. The fraction of sp³-hybridized carbons (Fsp3) is 0.312. The van der Waals surface area contributed by atoms with Crippen LogP contribution in [0.4, 0.5) is 4.39 Å². The lowest BCUT2D eigenvalue weighted by atomic mass is 10.1. The largest absolute Gasteiger partial charge is 0.476 e. The van der Waals surface area contributed by atoms with Crippen molar-refractivity contribution in [2.45, 2.75) is 26.8 Å². The van der Waals surface area contributed by atoms with E-state index in [1.165, 1.54) is 12.1 Å². The average Bonchev–Trinajstić information content (AvgIpc) is 2.87. The number of aryl methyl sites for hydroxylation is 1. The quantitative estimate of drug-likeness (QED) is 0.888. The topological polar surface area (TPSA) is 68.0 Å². The molecule has 0 spiro atoms. The van der Waals surface area contributed by atoms with Gasteiger partial charge in [-0.05, 0) is 36.1 Å². The third kappa shape index (κ3) is 4.00. The van der Waals surface area contributed by atoms with E-state index in [-0.39, 0.29) is 11.5 Å². The van der Waals surface area contributed by atoms with Gasteiger partial charge >= 0.3 is 5.97 Å². The van der Waals surface area contributed by atoms with Crippen molar-refractivity contribution in [1.82, 2.24) is 15.0 Å². The van der Waals surface area contributed by atoms with Crippen molar-refractivity contribution in [3.8, 4) is 0 Å². The number of benzene rings is 1. The van der Waals surface area contributed by atoms with Gasteiger partial charge in [0.25, 0.3) is 0 Å². The Bertz CT molecular complexity index is 675. The Kier molecular flexibility index (Phi) is 5.04. The number of aromatic nitrogens is 3. The van der Waals surface area contributed by atoms with Crippen molar-refractivity contribution in [1.29, 1.82) is 0 Å². The summed E-state index contributed by atoms with van der Waals surface area (Å²) < 4.78 is 14.5. The first kappa shape index (κ1) is 15.9. The van der Waals surface area contributed by atoms with E-state index in [0.29, 0.717) is 18.2 Å². The summed E-state index contributed by atoms with van der Waals surface area (Å²) in [5.41, 5.74) is 1.13. The molecule has 0 bridgehead atoms. The molecule has 0 saturated carbocycles. The highest BCUT2D eigenvalue weighted by molar-refractivity contribution is 5.90. The molecule has 22 heavy (non-hydrogen) atoms. The van der Waals surface area contributed by atoms with Gasteiger partial charge in [0.15, 0.2) is 5.69 Å². The molecule has 6 heteroatoms. The molecule has 0 atom stereocenters. The summed E-state index contributed by atoms with van der Waals surface area (Å²) in [5, 5.41) is 16.8. The van der Waals surface area contributed by atoms with Crippen molar-refractivity contribution in [3.63, 3.8) is 0 Å². The van der Waals surface area contributed by atoms with Crippen LogP contribution in [-0.4, -0.2) is 26.1 Å². The van der Waals surface area contributed by atoms with Gasteiger partial charge in [-0.1, -0.05) is 37.3 Å². The van der Waals surface area contributed by atoms with Crippen LogP contribution < -0.4 is 0 Å². The molecule has 2 aromatic rings. The highest BCUT2D eigenvalue weighted by Crippen LogP contribution is 2.14. The Morgan fingerprint density at radius 1 is 1.32 bits per heavy atom. The van der Waals surface area contributed by atoms with Crippen LogP contribution in [0.3, 0.4) is 0 Å². The maximum atomic E-state index is 12.9. The van der Waals surface area contributed by atoms with E-state index >= 15 is 0 Å². The summed E-state index contributed by atoms with van der Waals surface area (Å²) in [5.74, 6) is -0.951. The minimum Gasteiger partial charge on any atom is -0.476 e. The molecule has 5 nitrogen and oxygen atoms in total. The van der Waals surface area contributed by atoms with Crippen LogP contribution in [0.15, 0.2) is 24.3 Å². The van der Waals surface area contributed by atoms with Gasteiger partial charge in [-0.3, -0.25) is 0 Å². The second-order valence-electron chi connectivity index (χ2n) is 5.42. The second kappa shape index (κ2) is 6.98. The van der Waals surface area contributed by atoms with Crippen LogP contribution in [0.5, 0.6) is 0 Å².